The number of hydrogen-bond donors (Lipinski definition) is 1. The summed E-state index contributed by atoms with van der Waals surface area (Å²) in [5.41, 5.74) is 1.52. The van der Waals surface area contributed by atoms with Crippen LogP contribution in [0.15, 0.2) is 35.0 Å². The van der Waals surface area contributed by atoms with Gasteiger partial charge in [-0.15, -0.1) is 0 Å². The Bertz CT molecular complexity index is 448. The number of benzene rings is 1. The monoisotopic (exact) mass is 206 g/mol. The molecule has 0 saturated heterocycles. The van der Waals surface area contributed by atoms with Gasteiger partial charge in [0.05, 0.1) is 11.4 Å². The quantitative estimate of drug-likeness (QED) is 0.706. The zero-order valence-electron chi connectivity index (χ0n) is 8.12. The lowest BCUT2D eigenvalue weighted by molar-refractivity contribution is -0.670. The van der Waals surface area contributed by atoms with Gasteiger partial charge >= 0.3 is 0 Å². The van der Waals surface area contributed by atoms with Gasteiger partial charge < -0.3 is 14.7 Å². The van der Waals surface area contributed by atoms with Crippen molar-refractivity contribution in [2.24, 2.45) is 0 Å². The number of aliphatic hydroxyl groups excluding tert-OH is 1. The molecule has 5 nitrogen and oxygen atoms in total. The van der Waals surface area contributed by atoms with E-state index in [4.69, 9.17) is 0 Å². The summed E-state index contributed by atoms with van der Waals surface area (Å²) in [5, 5.41) is 23.6. The second-order valence-corrected chi connectivity index (χ2v) is 3.23. The molecule has 15 heavy (non-hydrogen) atoms. The number of rotatable bonds is 2. The van der Waals surface area contributed by atoms with Gasteiger partial charge in [0.1, 0.15) is 5.95 Å². The maximum absolute atomic E-state index is 10.7. The zero-order valence-corrected chi connectivity index (χ0v) is 8.12. The van der Waals surface area contributed by atoms with Gasteiger partial charge in [-0.2, -0.15) is 0 Å². The number of hydrogen-bond acceptors (Lipinski definition) is 4. The van der Waals surface area contributed by atoms with Gasteiger partial charge in [0.2, 0.25) is 11.9 Å². The summed E-state index contributed by atoms with van der Waals surface area (Å²) in [6, 6.07) is 7.05. The molecule has 0 amide bonds. The van der Waals surface area contributed by atoms with E-state index in [0.717, 1.165) is 5.56 Å². The highest BCUT2D eigenvalue weighted by Gasteiger charge is 2.09. The highest BCUT2D eigenvalue weighted by atomic mass is 16.6. The van der Waals surface area contributed by atoms with E-state index in [9.17, 15) is 10.2 Å². The van der Waals surface area contributed by atoms with Crippen molar-refractivity contribution >= 4 is 0 Å². The van der Waals surface area contributed by atoms with Crippen LogP contribution < -0.4 is 9.79 Å². The van der Waals surface area contributed by atoms with Crippen molar-refractivity contribution in [1.29, 1.82) is 0 Å². The van der Waals surface area contributed by atoms with Crippen LogP contribution >= 0.6 is 0 Å². The number of aliphatic hydroxyl groups is 1. The van der Waals surface area contributed by atoms with Gasteiger partial charge in [-0.05, 0) is 29.3 Å². The molecule has 0 unspecified atom stereocenters. The average Bonchev–Trinajstić information content (AvgIpc) is 2.65. The largest absolute Gasteiger partial charge is 0.539 e. The van der Waals surface area contributed by atoms with Crippen LogP contribution in [0.5, 0.6) is 5.95 Å². The molecule has 0 aliphatic heterocycles. The highest BCUT2D eigenvalue weighted by molar-refractivity contribution is 5.28. The minimum Gasteiger partial charge on any atom is -0.539 e. The van der Waals surface area contributed by atoms with Crippen molar-refractivity contribution < 1.29 is 19.4 Å². The molecule has 0 fully saturated rings. The maximum atomic E-state index is 10.7. The van der Waals surface area contributed by atoms with Crippen molar-refractivity contribution in [3.63, 3.8) is 0 Å². The van der Waals surface area contributed by atoms with Gasteiger partial charge in [-0.1, -0.05) is 0 Å². The molecule has 0 saturated carbocycles. The van der Waals surface area contributed by atoms with E-state index in [0.29, 0.717) is 5.69 Å². The summed E-state index contributed by atoms with van der Waals surface area (Å²) in [6.45, 7) is 1.69. The van der Waals surface area contributed by atoms with Crippen LogP contribution in [0.25, 0.3) is 5.69 Å². The van der Waals surface area contributed by atoms with Crippen LogP contribution in [0.4, 0.5) is 0 Å². The fraction of sp³-hybridized carbons (Fsp3) is 0.200. The van der Waals surface area contributed by atoms with Crippen molar-refractivity contribution in [3.8, 4) is 11.6 Å². The van der Waals surface area contributed by atoms with Gasteiger partial charge in [0.25, 0.3) is 0 Å². The average molecular weight is 206 g/mol. The zero-order chi connectivity index (χ0) is 10.8. The number of aromatic nitrogens is 2. The van der Waals surface area contributed by atoms with Crippen LogP contribution in [0.2, 0.25) is 0 Å². The van der Waals surface area contributed by atoms with Gasteiger partial charge in [0, 0.05) is 12.1 Å². The van der Waals surface area contributed by atoms with Crippen LogP contribution in [0.1, 0.15) is 18.6 Å². The van der Waals surface area contributed by atoms with Gasteiger partial charge in [-0.3, -0.25) is 0 Å². The third-order valence-electron chi connectivity index (χ3n) is 2.09. The first kappa shape index (κ1) is 9.67. The van der Waals surface area contributed by atoms with Crippen molar-refractivity contribution in [2.75, 3.05) is 0 Å². The van der Waals surface area contributed by atoms with Crippen LogP contribution in [0, 0.1) is 0 Å². The Hall–Kier alpha value is -1.88. The Morgan fingerprint density at radius 1 is 1.40 bits per heavy atom. The minimum atomic E-state index is -0.503. The molecule has 2 aromatic rings. The fourth-order valence-corrected chi connectivity index (χ4v) is 1.26. The lowest BCUT2D eigenvalue weighted by Crippen LogP contribution is -2.31. The highest BCUT2D eigenvalue weighted by Crippen LogP contribution is 2.12. The Labute approximate surface area is 86.2 Å². The maximum Gasteiger partial charge on any atom is 0.239 e. The summed E-state index contributed by atoms with van der Waals surface area (Å²) in [4.78, 5) is 0. The molecule has 1 atom stereocenters. The van der Waals surface area contributed by atoms with Crippen molar-refractivity contribution in [1.82, 2.24) is 5.27 Å². The fourth-order valence-electron chi connectivity index (χ4n) is 1.26. The molecule has 0 bridgehead atoms. The Morgan fingerprint density at radius 3 is 2.53 bits per heavy atom. The molecule has 0 spiro atoms. The molecule has 1 N–H and O–H groups in total. The standard InChI is InChI=1S/C10H10N2O3/c1-7(13)8-2-4-9(5-3-8)12-6-10(14)15-11-12/h2-7,13H,1H3/t7-/m1/s1. The summed E-state index contributed by atoms with van der Waals surface area (Å²) >= 11 is 0. The molecule has 0 aliphatic carbocycles. The van der Waals surface area contributed by atoms with Gasteiger partial charge in [-0.25, -0.2) is 0 Å². The van der Waals surface area contributed by atoms with E-state index in [1.807, 2.05) is 0 Å². The number of nitrogens with zero attached hydrogens (tertiary/aromatic N) is 2. The summed E-state index contributed by atoms with van der Waals surface area (Å²) in [7, 11) is 0. The summed E-state index contributed by atoms with van der Waals surface area (Å²) in [6.07, 6.45) is 0.744. The smallest absolute Gasteiger partial charge is 0.239 e. The van der Waals surface area contributed by atoms with Crippen LogP contribution in [-0.4, -0.2) is 10.4 Å². The third-order valence-corrected chi connectivity index (χ3v) is 2.09. The SMILES string of the molecule is C[C@@H](O)c1ccc(-[n+]2cc([O-])on2)cc1. The molecule has 0 aliphatic rings. The molecule has 1 aromatic heterocycles. The van der Waals surface area contributed by atoms with Crippen molar-refractivity contribution in [3.05, 3.63) is 36.0 Å². The summed E-state index contributed by atoms with van der Waals surface area (Å²) in [5.74, 6) is -0.491. The topological polar surface area (TPSA) is 73.2 Å². The molecule has 5 heteroatoms. The molecule has 0 radical (unpaired) electrons. The lowest BCUT2D eigenvalue weighted by atomic mass is 10.1. The van der Waals surface area contributed by atoms with E-state index >= 15 is 0 Å². The minimum absolute atomic E-state index is 0.491. The van der Waals surface area contributed by atoms with E-state index < -0.39 is 12.1 Å². The van der Waals surface area contributed by atoms with Crippen LogP contribution in [-0.2, 0) is 0 Å². The van der Waals surface area contributed by atoms with E-state index in [1.165, 1.54) is 10.9 Å². The normalized spacial score (nSPS) is 12.7. The van der Waals surface area contributed by atoms with E-state index in [-0.39, 0.29) is 0 Å². The van der Waals surface area contributed by atoms with Crippen molar-refractivity contribution in [2.45, 2.75) is 13.0 Å². The molecule has 1 heterocycles. The lowest BCUT2D eigenvalue weighted by Gasteiger charge is -2.02. The molecule has 1 aromatic carbocycles. The predicted molar refractivity (Wildman–Crippen MR) is 48.1 cm³/mol. The Kier molecular flexibility index (Phi) is 2.39. The predicted octanol–water partition coefficient (Wildman–Crippen LogP) is 0.0782. The molecule has 78 valence electrons. The van der Waals surface area contributed by atoms with E-state index in [1.54, 1.807) is 31.2 Å². The first-order chi connectivity index (χ1) is 7.16. The summed E-state index contributed by atoms with van der Waals surface area (Å²) < 4.78 is 5.75. The molecular weight excluding hydrogens is 196 g/mol. The molecule has 2 rings (SSSR count). The third kappa shape index (κ3) is 1.97. The first-order valence-corrected chi connectivity index (χ1v) is 4.51. The molecular formula is C10H10N2O3. The Balaban J connectivity index is 2.31. The van der Waals surface area contributed by atoms with Gasteiger partial charge in [0.15, 0.2) is 0 Å². The van der Waals surface area contributed by atoms with E-state index in [2.05, 4.69) is 9.79 Å². The second-order valence-electron chi connectivity index (χ2n) is 3.23. The van der Waals surface area contributed by atoms with Crippen LogP contribution in [0.3, 0.4) is 0 Å². The first-order valence-electron chi connectivity index (χ1n) is 4.51. The second kappa shape index (κ2) is 3.70. The Morgan fingerprint density at radius 2 is 2.07 bits per heavy atom.